The van der Waals surface area contributed by atoms with Crippen LogP contribution in [0.15, 0.2) is 0 Å². The lowest BCUT2D eigenvalue weighted by atomic mass is 9.88. The van der Waals surface area contributed by atoms with E-state index in [1.165, 1.54) is 0 Å². The Hall–Kier alpha value is -0.410. The van der Waals surface area contributed by atoms with Crippen LogP contribution >= 0.6 is 0 Å². The van der Waals surface area contributed by atoms with Crippen LogP contribution in [0.4, 0.5) is 0 Å². The molecular weight excluding hydrogens is 202 g/mol. The Morgan fingerprint density at radius 1 is 1.44 bits per heavy atom. The molecule has 16 heavy (non-hydrogen) atoms. The fourth-order valence-electron chi connectivity index (χ4n) is 2.60. The first-order valence-electron chi connectivity index (χ1n) is 6.30. The summed E-state index contributed by atoms with van der Waals surface area (Å²) in [5.41, 5.74) is -0.782. The number of hydrogen-bond acceptors (Lipinski definition) is 3. The topological polar surface area (TPSA) is 40.5 Å². The van der Waals surface area contributed by atoms with Gasteiger partial charge in [0.05, 0.1) is 5.60 Å². The average Bonchev–Trinajstić information content (AvgIpc) is 2.64. The molecule has 1 fully saturated rings. The number of carbonyl (C=O) groups is 1. The molecule has 0 aromatic carbocycles. The minimum atomic E-state index is -0.508. The number of nitrogens with zero attached hydrogens (tertiary/aromatic N) is 1. The third-order valence-corrected chi connectivity index (χ3v) is 3.82. The summed E-state index contributed by atoms with van der Waals surface area (Å²) in [6.07, 6.45) is 5.95. The fourth-order valence-corrected chi connectivity index (χ4v) is 2.60. The molecule has 1 aliphatic carbocycles. The molecule has 94 valence electrons. The van der Waals surface area contributed by atoms with Crippen LogP contribution in [0, 0.1) is 5.41 Å². The second kappa shape index (κ2) is 5.28. The maximum atomic E-state index is 11.0. The Kier molecular flexibility index (Phi) is 4.51. The van der Waals surface area contributed by atoms with Crippen LogP contribution in [-0.4, -0.2) is 42.0 Å². The minimum absolute atomic E-state index is 0.274. The molecule has 0 aromatic heterocycles. The van der Waals surface area contributed by atoms with E-state index in [-0.39, 0.29) is 5.41 Å². The Balaban J connectivity index is 2.46. The minimum Gasteiger partial charge on any atom is -0.389 e. The SMILES string of the molecule is CCC(C)(C=O)CN(C)CC1(O)CCCC1. The summed E-state index contributed by atoms with van der Waals surface area (Å²) in [5, 5.41) is 10.3. The lowest BCUT2D eigenvalue weighted by molar-refractivity contribution is -0.117. The van der Waals surface area contributed by atoms with Gasteiger partial charge in [-0.2, -0.15) is 0 Å². The average molecular weight is 227 g/mol. The summed E-state index contributed by atoms with van der Waals surface area (Å²) in [6, 6.07) is 0. The molecule has 0 spiro atoms. The van der Waals surface area contributed by atoms with Gasteiger partial charge in [0.1, 0.15) is 6.29 Å². The zero-order valence-corrected chi connectivity index (χ0v) is 10.8. The van der Waals surface area contributed by atoms with E-state index in [0.29, 0.717) is 6.54 Å². The molecule has 1 atom stereocenters. The third kappa shape index (κ3) is 3.56. The molecule has 1 unspecified atom stereocenters. The van der Waals surface area contributed by atoms with E-state index in [2.05, 4.69) is 4.90 Å². The number of hydrogen-bond donors (Lipinski definition) is 1. The molecule has 0 aliphatic heterocycles. The van der Waals surface area contributed by atoms with Crippen molar-refractivity contribution in [1.29, 1.82) is 0 Å². The standard InChI is InChI=1S/C13H25NO2/c1-4-12(2,11-15)9-14(3)10-13(16)7-5-6-8-13/h11,16H,4-10H2,1-3H3. The van der Waals surface area contributed by atoms with Gasteiger partial charge >= 0.3 is 0 Å². The van der Waals surface area contributed by atoms with Crippen LogP contribution in [0.1, 0.15) is 46.0 Å². The Labute approximate surface area is 98.8 Å². The summed E-state index contributed by atoms with van der Waals surface area (Å²) >= 11 is 0. The van der Waals surface area contributed by atoms with Crippen molar-refractivity contribution in [2.45, 2.75) is 51.6 Å². The Morgan fingerprint density at radius 2 is 2.00 bits per heavy atom. The van der Waals surface area contributed by atoms with Crippen molar-refractivity contribution in [3.63, 3.8) is 0 Å². The van der Waals surface area contributed by atoms with E-state index < -0.39 is 5.60 Å². The third-order valence-electron chi connectivity index (χ3n) is 3.82. The highest BCUT2D eigenvalue weighted by atomic mass is 16.3. The molecule has 1 N–H and O–H groups in total. The molecule has 0 saturated heterocycles. The van der Waals surface area contributed by atoms with Crippen molar-refractivity contribution in [3.8, 4) is 0 Å². The van der Waals surface area contributed by atoms with E-state index in [9.17, 15) is 9.90 Å². The van der Waals surface area contributed by atoms with Gasteiger partial charge in [0.25, 0.3) is 0 Å². The highest BCUT2D eigenvalue weighted by Gasteiger charge is 2.33. The van der Waals surface area contributed by atoms with E-state index in [1.807, 2.05) is 20.9 Å². The highest BCUT2D eigenvalue weighted by molar-refractivity contribution is 5.58. The number of aldehydes is 1. The molecule has 3 nitrogen and oxygen atoms in total. The normalized spacial score (nSPS) is 23.3. The van der Waals surface area contributed by atoms with Crippen molar-refractivity contribution in [3.05, 3.63) is 0 Å². The molecule has 1 rings (SSSR count). The molecule has 3 heteroatoms. The van der Waals surface area contributed by atoms with Crippen LogP contribution in [0.25, 0.3) is 0 Å². The van der Waals surface area contributed by atoms with Crippen LogP contribution in [0.2, 0.25) is 0 Å². The summed E-state index contributed by atoms with van der Waals surface area (Å²) in [6.45, 7) is 5.44. The summed E-state index contributed by atoms with van der Waals surface area (Å²) in [5.74, 6) is 0. The molecule has 0 radical (unpaired) electrons. The number of likely N-dealkylation sites (N-methyl/N-ethyl adjacent to an activating group) is 1. The molecule has 0 bridgehead atoms. The molecule has 0 heterocycles. The quantitative estimate of drug-likeness (QED) is 0.704. The predicted octanol–water partition coefficient (Wildman–Crippen LogP) is 1.84. The van der Waals surface area contributed by atoms with E-state index in [1.54, 1.807) is 0 Å². The highest BCUT2D eigenvalue weighted by Crippen LogP contribution is 2.30. The lowest BCUT2D eigenvalue weighted by Crippen LogP contribution is -2.43. The van der Waals surface area contributed by atoms with Gasteiger partial charge in [0.2, 0.25) is 0 Å². The second-order valence-electron chi connectivity index (χ2n) is 5.73. The van der Waals surface area contributed by atoms with Crippen molar-refractivity contribution < 1.29 is 9.90 Å². The van der Waals surface area contributed by atoms with Gasteiger partial charge < -0.3 is 14.8 Å². The van der Waals surface area contributed by atoms with Gasteiger partial charge in [0, 0.05) is 18.5 Å². The van der Waals surface area contributed by atoms with Crippen LogP contribution in [-0.2, 0) is 4.79 Å². The maximum absolute atomic E-state index is 11.0. The zero-order valence-electron chi connectivity index (χ0n) is 10.8. The Morgan fingerprint density at radius 3 is 2.44 bits per heavy atom. The predicted molar refractivity (Wildman–Crippen MR) is 65.4 cm³/mol. The van der Waals surface area contributed by atoms with Gasteiger partial charge in [-0.25, -0.2) is 0 Å². The van der Waals surface area contributed by atoms with Crippen LogP contribution in [0.3, 0.4) is 0 Å². The van der Waals surface area contributed by atoms with Gasteiger partial charge in [-0.15, -0.1) is 0 Å². The monoisotopic (exact) mass is 227 g/mol. The van der Waals surface area contributed by atoms with Gasteiger partial charge in [-0.05, 0) is 26.3 Å². The summed E-state index contributed by atoms with van der Waals surface area (Å²) in [7, 11) is 1.99. The number of aliphatic hydroxyl groups is 1. The van der Waals surface area contributed by atoms with E-state index in [4.69, 9.17) is 0 Å². The van der Waals surface area contributed by atoms with Crippen LogP contribution in [0.5, 0.6) is 0 Å². The molecule has 1 saturated carbocycles. The summed E-state index contributed by atoms with van der Waals surface area (Å²) in [4.78, 5) is 13.1. The van der Waals surface area contributed by atoms with Crippen molar-refractivity contribution in [2.75, 3.05) is 20.1 Å². The number of carbonyl (C=O) groups excluding carboxylic acids is 1. The molecule has 0 aromatic rings. The molecule has 1 aliphatic rings. The van der Waals surface area contributed by atoms with Crippen molar-refractivity contribution >= 4 is 6.29 Å². The van der Waals surface area contributed by atoms with Gasteiger partial charge in [-0.3, -0.25) is 0 Å². The van der Waals surface area contributed by atoms with Gasteiger partial charge in [-0.1, -0.05) is 26.7 Å². The van der Waals surface area contributed by atoms with E-state index in [0.717, 1.165) is 44.9 Å². The lowest BCUT2D eigenvalue weighted by Gasteiger charge is -2.33. The largest absolute Gasteiger partial charge is 0.389 e. The van der Waals surface area contributed by atoms with Crippen LogP contribution < -0.4 is 0 Å². The first-order chi connectivity index (χ1) is 7.43. The summed E-state index contributed by atoms with van der Waals surface area (Å²) < 4.78 is 0. The smallest absolute Gasteiger partial charge is 0.127 e. The molecule has 0 amide bonds. The van der Waals surface area contributed by atoms with Crippen molar-refractivity contribution in [1.82, 2.24) is 4.90 Å². The molecular formula is C13H25NO2. The second-order valence-corrected chi connectivity index (χ2v) is 5.73. The number of rotatable bonds is 6. The fraction of sp³-hybridized carbons (Fsp3) is 0.923. The zero-order chi connectivity index (χ0) is 12.2. The van der Waals surface area contributed by atoms with Gasteiger partial charge in [0.15, 0.2) is 0 Å². The Bertz CT molecular complexity index is 236. The van der Waals surface area contributed by atoms with E-state index >= 15 is 0 Å². The maximum Gasteiger partial charge on any atom is 0.127 e. The van der Waals surface area contributed by atoms with Crippen molar-refractivity contribution in [2.24, 2.45) is 5.41 Å². The first-order valence-corrected chi connectivity index (χ1v) is 6.30. The first kappa shape index (κ1) is 13.7.